The van der Waals surface area contributed by atoms with Crippen LogP contribution in [-0.4, -0.2) is 23.5 Å². The lowest BCUT2D eigenvalue weighted by Gasteiger charge is -2.46. The summed E-state index contributed by atoms with van der Waals surface area (Å²) in [5.74, 6) is 0.994. The topological polar surface area (TPSA) is 41.1 Å². The second-order valence-corrected chi connectivity index (χ2v) is 7.09. The van der Waals surface area contributed by atoms with Gasteiger partial charge in [0.1, 0.15) is 5.54 Å². The quantitative estimate of drug-likeness (QED) is 0.759. The number of rotatable bonds is 5. The Morgan fingerprint density at radius 1 is 1.35 bits per heavy atom. The minimum atomic E-state index is -0.437. The molecule has 0 unspecified atom stereocenters. The molecule has 3 nitrogen and oxygen atoms in total. The Kier molecular flexibility index (Phi) is 5.81. The fraction of sp³-hybridized carbons (Fsp3) is 0.824. The third-order valence-electron chi connectivity index (χ3n) is 4.38. The maximum Gasteiger partial charge on any atom is 0.241 e. The highest BCUT2D eigenvalue weighted by Crippen LogP contribution is 2.40. The molecule has 1 rings (SSSR count). The van der Waals surface area contributed by atoms with E-state index in [0.29, 0.717) is 11.8 Å². The Hall–Kier alpha value is -0.830. The molecular formula is C17H32N2O. The second-order valence-electron chi connectivity index (χ2n) is 7.09. The summed E-state index contributed by atoms with van der Waals surface area (Å²) < 4.78 is 0. The number of hydrogen-bond donors (Lipinski definition) is 2. The molecule has 0 spiro atoms. The molecule has 20 heavy (non-hydrogen) atoms. The normalized spacial score (nSPS) is 30.9. The molecular weight excluding hydrogens is 248 g/mol. The molecule has 3 heteroatoms. The zero-order valence-corrected chi connectivity index (χ0v) is 13.9. The van der Waals surface area contributed by atoms with Gasteiger partial charge in [-0.15, -0.1) is 6.58 Å². The number of carbonyl (C=O) groups is 1. The second kappa shape index (κ2) is 6.75. The Balaban J connectivity index is 3.06. The lowest BCUT2D eigenvalue weighted by molar-refractivity contribution is -0.134. The molecule has 0 aromatic carbocycles. The molecule has 2 N–H and O–H groups in total. The Bertz CT molecular complexity index is 345. The van der Waals surface area contributed by atoms with Crippen molar-refractivity contribution in [3.05, 3.63) is 12.7 Å². The highest BCUT2D eigenvalue weighted by Gasteiger charge is 2.48. The molecule has 1 aliphatic carbocycles. The van der Waals surface area contributed by atoms with Gasteiger partial charge in [0.25, 0.3) is 0 Å². The van der Waals surface area contributed by atoms with Crippen LogP contribution in [0.3, 0.4) is 0 Å². The predicted octanol–water partition coefficient (Wildman–Crippen LogP) is 3.26. The van der Waals surface area contributed by atoms with Gasteiger partial charge in [-0.3, -0.25) is 4.79 Å². The molecule has 1 fully saturated rings. The summed E-state index contributed by atoms with van der Waals surface area (Å²) in [6, 6.07) is 0. The molecule has 0 bridgehead atoms. The summed E-state index contributed by atoms with van der Waals surface area (Å²) in [4.78, 5) is 12.9. The minimum Gasteiger partial charge on any atom is -0.350 e. The van der Waals surface area contributed by atoms with Crippen molar-refractivity contribution < 1.29 is 4.79 Å². The van der Waals surface area contributed by atoms with Gasteiger partial charge in [-0.1, -0.05) is 26.3 Å². The van der Waals surface area contributed by atoms with Gasteiger partial charge in [0, 0.05) is 5.54 Å². The van der Waals surface area contributed by atoms with Crippen LogP contribution in [0.2, 0.25) is 0 Å². The van der Waals surface area contributed by atoms with Gasteiger partial charge in [0.2, 0.25) is 5.91 Å². The van der Waals surface area contributed by atoms with Crippen LogP contribution in [0.25, 0.3) is 0 Å². The molecule has 0 aliphatic heterocycles. The molecule has 1 amide bonds. The van der Waals surface area contributed by atoms with Crippen molar-refractivity contribution in [1.82, 2.24) is 10.6 Å². The van der Waals surface area contributed by atoms with E-state index >= 15 is 0 Å². The average molecular weight is 280 g/mol. The number of amides is 1. The predicted molar refractivity (Wildman–Crippen MR) is 85.6 cm³/mol. The van der Waals surface area contributed by atoms with E-state index in [9.17, 15) is 4.79 Å². The molecule has 1 aliphatic rings. The average Bonchev–Trinajstić information content (AvgIpc) is 2.36. The van der Waals surface area contributed by atoms with Crippen molar-refractivity contribution in [1.29, 1.82) is 0 Å². The van der Waals surface area contributed by atoms with E-state index in [4.69, 9.17) is 0 Å². The maximum absolute atomic E-state index is 12.9. The van der Waals surface area contributed by atoms with E-state index in [1.807, 2.05) is 26.8 Å². The van der Waals surface area contributed by atoms with E-state index < -0.39 is 5.54 Å². The summed E-state index contributed by atoms with van der Waals surface area (Å²) in [7, 11) is 0. The molecule has 0 heterocycles. The fourth-order valence-corrected chi connectivity index (χ4v) is 3.44. The fourth-order valence-electron chi connectivity index (χ4n) is 3.44. The van der Waals surface area contributed by atoms with Crippen LogP contribution in [-0.2, 0) is 4.79 Å². The molecule has 0 aromatic heterocycles. The van der Waals surface area contributed by atoms with Gasteiger partial charge in [0.15, 0.2) is 0 Å². The van der Waals surface area contributed by atoms with Crippen molar-refractivity contribution in [2.75, 3.05) is 6.54 Å². The van der Waals surface area contributed by atoms with Crippen LogP contribution in [0.4, 0.5) is 0 Å². The van der Waals surface area contributed by atoms with Crippen molar-refractivity contribution in [3.8, 4) is 0 Å². The van der Waals surface area contributed by atoms with E-state index in [1.165, 1.54) is 0 Å². The maximum atomic E-state index is 12.9. The lowest BCUT2D eigenvalue weighted by atomic mass is 9.66. The van der Waals surface area contributed by atoms with Crippen LogP contribution in [0, 0.1) is 11.8 Å². The van der Waals surface area contributed by atoms with Crippen LogP contribution >= 0.6 is 0 Å². The van der Waals surface area contributed by atoms with E-state index in [1.54, 1.807) is 0 Å². The first-order chi connectivity index (χ1) is 9.29. The molecule has 3 atom stereocenters. The van der Waals surface area contributed by atoms with E-state index in [-0.39, 0.29) is 11.4 Å². The van der Waals surface area contributed by atoms with Crippen LogP contribution < -0.4 is 10.6 Å². The Morgan fingerprint density at radius 3 is 2.45 bits per heavy atom. The van der Waals surface area contributed by atoms with Crippen LogP contribution in [0.1, 0.15) is 60.3 Å². The van der Waals surface area contributed by atoms with Gasteiger partial charge in [0.05, 0.1) is 0 Å². The van der Waals surface area contributed by atoms with Crippen molar-refractivity contribution in [2.24, 2.45) is 11.8 Å². The van der Waals surface area contributed by atoms with E-state index in [0.717, 1.165) is 32.2 Å². The number of nitrogens with one attached hydrogen (secondary N) is 2. The summed E-state index contributed by atoms with van der Waals surface area (Å²) in [5.41, 5.74) is -0.632. The van der Waals surface area contributed by atoms with Crippen molar-refractivity contribution >= 4 is 5.91 Å². The largest absolute Gasteiger partial charge is 0.350 e. The molecule has 0 aromatic rings. The number of hydrogen-bond acceptors (Lipinski definition) is 2. The SMILES string of the molecule is C=C[C@@H]1CC[C@@H](CC)[C@@](NCC)(C(=O)NC(C)(C)C)C1. The number of allylic oxidation sites excluding steroid dienone is 1. The highest BCUT2D eigenvalue weighted by molar-refractivity contribution is 5.87. The van der Waals surface area contributed by atoms with Gasteiger partial charge < -0.3 is 10.6 Å². The Morgan fingerprint density at radius 2 is 2.00 bits per heavy atom. The monoisotopic (exact) mass is 280 g/mol. The van der Waals surface area contributed by atoms with Gasteiger partial charge >= 0.3 is 0 Å². The van der Waals surface area contributed by atoms with Gasteiger partial charge in [-0.2, -0.15) is 0 Å². The van der Waals surface area contributed by atoms with Crippen molar-refractivity contribution in [2.45, 2.75) is 71.4 Å². The van der Waals surface area contributed by atoms with Gasteiger partial charge in [-0.25, -0.2) is 0 Å². The lowest BCUT2D eigenvalue weighted by Crippen LogP contribution is -2.65. The molecule has 0 radical (unpaired) electrons. The smallest absolute Gasteiger partial charge is 0.241 e. The van der Waals surface area contributed by atoms with Crippen LogP contribution in [0.15, 0.2) is 12.7 Å². The highest BCUT2D eigenvalue weighted by atomic mass is 16.2. The zero-order valence-electron chi connectivity index (χ0n) is 13.9. The summed E-state index contributed by atoms with van der Waals surface area (Å²) >= 11 is 0. The van der Waals surface area contributed by atoms with Crippen molar-refractivity contribution in [3.63, 3.8) is 0 Å². The number of carbonyl (C=O) groups excluding carboxylic acids is 1. The molecule has 1 saturated carbocycles. The van der Waals surface area contributed by atoms with Crippen LogP contribution in [0.5, 0.6) is 0 Å². The summed E-state index contributed by atoms with van der Waals surface area (Å²) in [5, 5.41) is 6.71. The summed E-state index contributed by atoms with van der Waals surface area (Å²) in [6.45, 7) is 15.1. The first-order valence-corrected chi connectivity index (χ1v) is 7.99. The number of likely N-dealkylation sites (N-methyl/N-ethyl adjacent to an activating group) is 1. The molecule has 116 valence electrons. The zero-order chi connectivity index (χ0) is 15.4. The van der Waals surface area contributed by atoms with E-state index in [2.05, 4.69) is 31.1 Å². The standard InChI is InChI=1S/C17H32N2O/c1-7-13-10-11-14(8-2)17(12-13,18-9-3)15(20)19-16(4,5)6/h7,13-14,18H,1,8-12H2,2-6H3,(H,19,20)/t13-,14-,17-/m1/s1. The molecule has 0 saturated heterocycles. The van der Waals surface area contributed by atoms with Gasteiger partial charge in [-0.05, 0) is 58.4 Å². The first-order valence-electron chi connectivity index (χ1n) is 7.99. The third-order valence-corrected chi connectivity index (χ3v) is 4.38. The minimum absolute atomic E-state index is 0.158. The third kappa shape index (κ3) is 3.85. The first kappa shape index (κ1) is 17.2. The summed E-state index contributed by atoms with van der Waals surface area (Å²) in [6.07, 6.45) is 6.16. The Labute approximate surface area is 124 Å².